The number of ether oxygens (including phenoxy) is 2. The van der Waals surface area contributed by atoms with Crippen molar-refractivity contribution >= 4 is 37.5 Å². The van der Waals surface area contributed by atoms with Crippen LogP contribution in [0.3, 0.4) is 0 Å². The van der Waals surface area contributed by atoms with E-state index in [1.165, 1.54) is 24.3 Å². The van der Waals surface area contributed by atoms with Crippen molar-refractivity contribution in [3.05, 3.63) is 29.8 Å². The van der Waals surface area contributed by atoms with Crippen LogP contribution in [0.15, 0.2) is 24.3 Å². The summed E-state index contributed by atoms with van der Waals surface area (Å²) < 4.78 is 26.5. The number of benzene rings is 1. The second kappa shape index (κ2) is 24.6. The molecule has 1 heterocycles. The minimum absolute atomic E-state index is 0.0181. The van der Waals surface area contributed by atoms with Crippen LogP contribution in [0.1, 0.15) is 18.9 Å². The zero-order valence-corrected chi connectivity index (χ0v) is 30.9. The lowest BCUT2D eigenvalue weighted by Crippen LogP contribution is -2.53. The predicted octanol–water partition coefficient (Wildman–Crippen LogP) is -1.78. The van der Waals surface area contributed by atoms with Gasteiger partial charge in [-0.05, 0) is 31.0 Å². The Balaban J connectivity index is 2.19. The van der Waals surface area contributed by atoms with Crippen molar-refractivity contribution in [3.8, 4) is 5.75 Å². The lowest BCUT2D eigenvalue weighted by atomic mass is 10.0. The number of carboxylic acids is 3. The van der Waals surface area contributed by atoms with Crippen LogP contribution in [0.25, 0.3) is 0 Å². The molecule has 0 aromatic heterocycles. The highest BCUT2D eigenvalue weighted by Gasteiger charge is 2.25. The van der Waals surface area contributed by atoms with E-state index in [0.717, 1.165) is 0 Å². The maximum atomic E-state index is 13.5. The van der Waals surface area contributed by atoms with Crippen molar-refractivity contribution in [2.24, 2.45) is 0 Å². The molecule has 1 aliphatic heterocycles. The third-order valence-electron chi connectivity index (χ3n) is 7.95. The van der Waals surface area contributed by atoms with Crippen molar-refractivity contribution < 1.29 is 67.6 Å². The Morgan fingerprint density at radius 2 is 1.17 bits per heavy atom. The second-order valence-electron chi connectivity index (χ2n) is 12.3. The van der Waals surface area contributed by atoms with E-state index in [0.29, 0.717) is 38.4 Å². The van der Waals surface area contributed by atoms with Gasteiger partial charge in [0.2, 0.25) is 11.8 Å². The number of phosphoric ester groups is 1. The Kier molecular flexibility index (Phi) is 21.1. The van der Waals surface area contributed by atoms with Gasteiger partial charge < -0.3 is 40.0 Å². The molecular formula is C32H53N6O14P. The van der Waals surface area contributed by atoms with Crippen LogP contribution in [0.4, 0.5) is 0 Å². The van der Waals surface area contributed by atoms with Crippen LogP contribution >= 0.6 is 7.82 Å². The molecule has 1 atom stereocenters. The van der Waals surface area contributed by atoms with Gasteiger partial charge in [-0.1, -0.05) is 12.1 Å². The van der Waals surface area contributed by atoms with Crippen LogP contribution in [0, 0.1) is 0 Å². The molecule has 0 spiro atoms. The highest BCUT2D eigenvalue weighted by Crippen LogP contribution is 2.37. The molecule has 0 unspecified atom stereocenters. The molecule has 1 aliphatic rings. The maximum Gasteiger partial charge on any atom is 0.524 e. The Bertz CT molecular complexity index is 1320. The molecule has 0 saturated carbocycles. The first kappa shape index (κ1) is 45.4. The zero-order chi connectivity index (χ0) is 39.2. The molecule has 2 rings (SSSR count). The molecular weight excluding hydrogens is 723 g/mol. The first-order valence-corrected chi connectivity index (χ1v) is 18.8. The summed E-state index contributed by atoms with van der Waals surface area (Å²) in [4.78, 5) is 86.3. The third kappa shape index (κ3) is 21.5. The smallest absolute Gasteiger partial charge is 0.480 e. The summed E-state index contributed by atoms with van der Waals surface area (Å²) in [5.74, 6) is -4.32. The van der Waals surface area contributed by atoms with Gasteiger partial charge in [-0.15, -0.1) is 0 Å². The highest BCUT2D eigenvalue weighted by molar-refractivity contribution is 7.46. The molecule has 2 amide bonds. The molecule has 53 heavy (non-hydrogen) atoms. The largest absolute Gasteiger partial charge is 0.524 e. The van der Waals surface area contributed by atoms with Crippen molar-refractivity contribution in [2.45, 2.75) is 25.8 Å². The van der Waals surface area contributed by atoms with Gasteiger partial charge in [0.1, 0.15) is 11.8 Å². The molecule has 7 N–H and O–H groups in total. The minimum Gasteiger partial charge on any atom is -0.480 e. The number of nitrogens with one attached hydrogen (secondary N) is 2. The summed E-state index contributed by atoms with van der Waals surface area (Å²) in [6.07, 6.45) is 0.513. The van der Waals surface area contributed by atoms with E-state index < -0.39 is 43.6 Å². The van der Waals surface area contributed by atoms with E-state index in [4.69, 9.17) is 19.3 Å². The normalized spacial score (nSPS) is 16.5. The number of nitrogens with zero attached hydrogens (tertiary/aromatic N) is 4. The molecule has 0 aliphatic carbocycles. The summed E-state index contributed by atoms with van der Waals surface area (Å²) in [7, 11) is -4.79. The molecule has 300 valence electrons. The highest BCUT2D eigenvalue weighted by atomic mass is 31.2. The van der Waals surface area contributed by atoms with E-state index in [1.54, 1.807) is 19.6 Å². The SMILES string of the molecule is CCOCCOCCCNC(=O)[C@@H](Cc1ccc(OP(=O)(O)O)cc1)NC(=O)CN1CCN(CC(=O)O)CCN(CC(=O)O)CCN(CC(=O)O)CC1. The number of carbonyl (C=O) groups is 5. The van der Waals surface area contributed by atoms with Gasteiger partial charge in [0.25, 0.3) is 0 Å². The Morgan fingerprint density at radius 3 is 1.60 bits per heavy atom. The lowest BCUT2D eigenvalue weighted by Gasteiger charge is -2.33. The van der Waals surface area contributed by atoms with Gasteiger partial charge in [0.15, 0.2) is 0 Å². The second-order valence-corrected chi connectivity index (χ2v) is 13.5. The summed E-state index contributed by atoms with van der Waals surface area (Å²) >= 11 is 0. The number of carboxylic acid groups (broad SMARTS) is 3. The van der Waals surface area contributed by atoms with Gasteiger partial charge >= 0.3 is 25.7 Å². The monoisotopic (exact) mass is 776 g/mol. The summed E-state index contributed by atoms with van der Waals surface area (Å²) in [6, 6.07) is 4.61. The van der Waals surface area contributed by atoms with Crippen molar-refractivity contribution in [2.75, 3.05) is 112 Å². The van der Waals surface area contributed by atoms with Crippen LogP contribution in [0.2, 0.25) is 0 Å². The van der Waals surface area contributed by atoms with Crippen molar-refractivity contribution in [3.63, 3.8) is 0 Å². The van der Waals surface area contributed by atoms with Gasteiger partial charge in [0, 0.05) is 78.5 Å². The van der Waals surface area contributed by atoms with E-state index >= 15 is 0 Å². The molecule has 0 bridgehead atoms. The van der Waals surface area contributed by atoms with Gasteiger partial charge in [-0.25, -0.2) is 4.57 Å². The van der Waals surface area contributed by atoms with Gasteiger partial charge in [-0.3, -0.25) is 53.4 Å². The van der Waals surface area contributed by atoms with Crippen LogP contribution in [-0.4, -0.2) is 192 Å². The molecule has 20 nitrogen and oxygen atoms in total. The van der Waals surface area contributed by atoms with Crippen molar-refractivity contribution in [1.82, 2.24) is 30.2 Å². The number of phosphoric acid groups is 1. The average Bonchev–Trinajstić information content (AvgIpc) is 3.06. The number of amides is 2. The average molecular weight is 777 g/mol. The van der Waals surface area contributed by atoms with Crippen LogP contribution in [-0.2, 0) is 44.4 Å². The van der Waals surface area contributed by atoms with Crippen LogP contribution in [0.5, 0.6) is 5.75 Å². The lowest BCUT2D eigenvalue weighted by molar-refractivity contribution is -0.140. The molecule has 1 aromatic carbocycles. The van der Waals surface area contributed by atoms with E-state index in [9.17, 15) is 43.9 Å². The molecule has 0 radical (unpaired) electrons. The molecule has 1 saturated heterocycles. The van der Waals surface area contributed by atoms with Crippen LogP contribution < -0.4 is 15.2 Å². The minimum atomic E-state index is -4.79. The summed E-state index contributed by atoms with van der Waals surface area (Å²) in [5, 5.41) is 33.9. The summed E-state index contributed by atoms with van der Waals surface area (Å²) in [6.45, 7) is 4.52. The van der Waals surface area contributed by atoms with Crippen molar-refractivity contribution in [1.29, 1.82) is 0 Å². The fourth-order valence-electron chi connectivity index (χ4n) is 5.37. The zero-order valence-electron chi connectivity index (χ0n) is 30.0. The maximum absolute atomic E-state index is 13.5. The quantitative estimate of drug-likeness (QED) is 0.0507. The molecule has 21 heteroatoms. The van der Waals surface area contributed by atoms with Gasteiger partial charge in [0.05, 0.1) is 39.4 Å². The Labute approximate surface area is 308 Å². The predicted molar refractivity (Wildman–Crippen MR) is 188 cm³/mol. The van der Waals surface area contributed by atoms with E-state index in [1.807, 2.05) is 6.92 Å². The first-order chi connectivity index (χ1) is 25.1. The fraction of sp³-hybridized carbons (Fsp3) is 0.656. The first-order valence-electron chi connectivity index (χ1n) is 17.2. The number of hydrogen-bond donors (Lipinski definition) is 7. The third-order valence-corrected chi connectivity index (χ3v) is 8.40. The topological polar surface area (TPSA) is 268 Å². The standard InChI is InChI=1S/C32H53N6O14P/c1-2-50-18-19-51-17-3-8-33-32(46)27(20-25-4-6-26(7-5-25)52-53(47,48)49)34-28(39)21-35-9-11-36(22-29(40)41)13-15-38(24-31(44)45)16-14-37(12-10-35)23-30(42)43/h4-7,27H,2-3,8-24H2,1H3,(H,33,46)(H,34,39)(H,40,41)(H,42,43)(H,44,45)(H2,47,48,49)/t27-/m1/s1. The number of hydrogen-bond acceptors (Lipinski definition) is 13. The number of carbonyl (C=O) groups excluding carboxylic acids is 2. The Morgan fingerprint density at radius 1 is 0.717 bits per heavy atom. The van der Waals surface area contributed by atoms with E-state index in [-0.39, 0.29) is 97.3 Å². The number of rotatable bonds is 22. The Hall–Kier alpha value is -3.72. The molecule has 1 fully saturated rings. The fourth-order valence-corrected chi connectivity index (χ4v) is 5.77. The number of aliphatic carboxylic acids is 3. The van der Waals surface area contributed by atoms with E-state index in [2.05, 4.69) is 15.2 Å². The van der Waals surface area contributed by atoms with Gasteiger partial charge in [-0.2, -0.15) is 0 Å². The molecule has 1 aromatic rings. The summed E-state index contributed by atoms with van der Waals surface area (Å²) in [5.41, 5.74) is 0.555.